The molecule has 17 heavy (non-hydrogen) atoms. The Kier molecular flexibility index (Phi) is 3.18. The van der Waals surface area contributed by atoms with E-state index in [1.54, 1.807) is 0 Å². The summed E-state index contributed by atoms with van der Waals surface area (Å²) in [4.78, 5) is 11.4. The molecule has 0 N–H and O–H groups in total. The van der Waals surface area contributed by atoms with Crippen molar-refractivity contribution in [1.29, 1.82) is 0 Å². The maximum atomic E-state index is 13.1. The zero-order chi connectivity index (χ0) is 12.3. The molecule has 0 radical (unpaired) electrons. The van der Waals surface area contributed by atoms with Crippen LogP contribution in [0.2, 0.25) is 0 Å². The molecule has 1 heterocycles. The molecule has 0 spiro atoms. The van der Waals surface area contributed by atoms with Crippen LogP contribution in [0, 0.1) is 11.6 Å². The fraction of sp³-hybridized carbons (Fsp3) is 0.0833. The van der Waals surface area contributed by atoms with E-state index in [0.29, 0.717) is 0 Å². The van der Waals surface area contributed by atoms with Crippen molar-refractivity contribution in [1.82, 2.24) is 0 Å². The molecule has 0 bridgehead atoms. The Morgan fingerprint density at radius 3 is 2.47 bits per heavy atom. The second-order valence-corrected chi connectivity index (χ2v) is 3.24. The third-order valence-corrected chi connectivity index (χ3v) is 2.06. The van der Waals surface area contributed by atoms with Crippen molar-refractivity contribution in [3.05, 3.63) is 54.0 Å². The minimum atomic E-state index is -0.850. The number of Topliss-reactive ketones (excluding diaryl/α,β-unsaturated/α-hetero) is 1. The van der Waals surface area contributed by atoms with Gasteiger partial charge >= 0.3 is 0 Å². The first-order valence-electron chi connectivity index (χ1n) is 4.82. The normalized spacial score (nSPS) is 10.2. The van der Waals surface area contributed by atoms with Crippen molar-refractivity contribution in [2.45, 2.75) is 0 Å². The van der Waals surface area contributed by atoms with E-state index in [1.165, 1.54) is 24.5 Å². The lowest BCUT2D eigenvalue weighted by atomic mass is 10.3. The minimum Gasteiger partial charge on any atom is -0.479 e. The number of rotatable bonds is 4. The van der Waals surface area contributed by atoms with E-state index in [2.05, 4.69) is 0 Å². The summed E-state index contributed by atoms with van der Waals surface area (Å²) in [5, 5.41) is 0. The Labute approximate surface area is 95.6 Å². The van der Waals surface area contributed by atoms with Gasteiger partial charge in [-0.15, -0.1) is 0 Å². The summed E-state index contributed by atoms with van der Waals surface area (Å²) in [6, 6.07) is 6.30. The van der Waals surface area contributed by atoms with Gasteiger partial charge in [-0.1, -0.05) is 6.07 Å². The van der Waals surface area contributed by atoms with Crippen LogP contribution in [-0.2, 0) is 0 Å². The number of carbonyl (C=O) groups excluding carboxylic acids is 1. The Morgan fingerprint density at radius 2 is 1.88 bits per heavy atom. The lowest BCUT2D eigenvalue weighted by Gasteiger charge is -2.06. The fourth-order valence-corrected chi connectivity index (χ4v) is 1.27. The molecule has 0 aliphatic heterocycles. The van der Waals surface area contributed by atoms with Crippen molar-refractivity contribution in [2.75, 3.05) is 6.61 Å². The van der Waals surface area contributed by atoms with Crippen molar-refractivity contribution < 1.29 is 22.7 Å². The van der Waals surface area contributed by atoms with Gasteiger partial charge in [-0.05, 0) is 24.3 Å². The number of halogens is 2. The van der Waals surface area contributed by atoms with Gasteiger partial charge in [0.2, 0.25) is 5.78 Å². The molecular weight excluding hydrogens is 230 g/mol. The van der Waals surface area contributed by atoms with Gasteiger partial charge in [0.1, 0.15) is 0 Å². The summed E-state index contributed by atoms with van der Waals surface area (Å²) in [6.45, 7) is -0.481. The average Bonchev–Trinajstić information content (AvgIpc) is 2.81. The SMILES string of the molecule is O=C(COc1c(F)cccc1F)c1ccco1. The molecule has 0 atom stereocenters. The molecule has 5 heteroatoms. The third kappa shape index (κ3) is 2.50. The monoisotopic (exact) mass is 238 g/mol. The van der Waals surface area contributed by atoms with Crippen LogP contribution in [0.1, 0.15) is 10.6 Å². The second-order valence-electron chi connectivity index (χ2n) is 3.24. The first kappa shape index (κ1) is 11.3. The van der Waals surface area contributed by atoms with E-state index in [0.717, 1.165) is 12.1 Å². The minimum absolute atomic E-state index is 0.0850. The molecule has 0 unspecified atom stereocenters. The second kappa shape index (κ2) is 4.78. The average molecular weight is 238 g/mol. The highest BCUT2D eigenvalue weighted by Crippen LogP contribution is 2.20. The number of hydrogen-bond donors (Lipinski definition) is 0. The molecule has 0 amide bonds. The van der Waals surface area contributed by atoms with Crippen LogP contribution in [0.3, 0.4) is 0 Å². The Balaban J connectivity index is 2.06. The van der Waals surface area contributed by atoms with Crippen LogP contribution in [0.15, 0.2) is 41.0 Å². The summed E-state index contributed by atoms with van der Waals surface area (Å²) in [5.74, 6) is -2.67. The maximum Gasteiger partial charge on any atom is 0.235 e. The van der Waals surface area contributed by atoms with Crippen molar-refractivity contribution in [3.63, 3.8) is 0 Å². The molecular formula is C12H8F2O3. The molecule has 0 aliphatic rings. The van der Waals surface area contributed by atoms with Crippen molar-refractivity contribution >= 4 is 5.78 Å². The van der Waals surface area contributed by atoms with E-state index in [4.69, 9.17) is 9.15 Å². The summed E-state index contributed by atoms with van der Waals surface area (Å²) in [7, 11) is 0. The van der Waals surface area contributed by atoms with E-state index < -0.39 is 29.8 Å². The smallest absolute Gasteiger partial charge is 0.235 e. The van der Waals surface area contributed by atoms with E-state index >= 15 is 0 Å². The standard InChI is InChI=1S/C12H8F2O3/c13-8-3-1-4-9(14)12(8)17-7-10(15)11-5-2-6-16-11/h1-6H,7H2. The number of benzene rings is 1. The van der Waals surface area contributed by atoms with Crippen LogP contribution in [0.4, 0.5) is 8.78 Å². The lowest BCUT2D eigenvalue weighted by Crippen LogP contribution is -2.12. The highest BCUT2D eigenvalue weighted by atomic mass is 19.1. The van der Waals surface area contributed by atoms with Crippen molar-refractivity contribution in [3.8, 4) is 5.75 Å². The Bertz CT molecular complexity index is 500. The summed E-state index contributed by atoms with van der Waals surface area (Å²) in [5.41, 5.74) is 0. The maximum absolute atomic E-state index is 13.1. The van der Waals surface area contributed by atoms with Gasteiger partial charge in [0.05, 0.1) is 6.26 Å². The fourth-order valence-electron chi connectivity index (χ4n) is 1.27. The molecule has 0 aliphatic carbocycles. The number of ketones is 1. The molecule has 0 saturated carbocycles. The quantitative estimate of drug-likeness (QED) is 0.769. The molecule has 3 nitrogen and oxygen atoms in total. The number of furan rings is 1. The third-order valence-electron chi connectivity index (χ3n) is 2.06. The van der Waals surface area contributed by atoms with Gasteiger partial charge < -0.3 is 9.15 Å². The molecule has 88 valence electrons. The highest BCUT2D eigenvalue weighted by Gasteiger charge is 2.14. The molecule has 0 saturated heterocycles. The topological polar surface area (TPSA) is 39.4 Å². The number of para-hydroxylation sites is 1. The first-order valence-corrected chi connectivity index (χ1v) is 4.82. The predicted molar refractivity (Wildman–Crippen MR) is 54.9 cm³/mol. The predicted octanol–water partition coefficient (Wildman–Crippen LogP) is 2.82. The highest BCUT2D eigenvalue weighted by molar-refractivity contribution is 5.94. The van der Waals surface area contributed by atoms with E-state index in [9.17, 15) is 13.6 Å². The summed E-state index contributed by atoms with van der Waals surface area (Å²) in [6.07, 6.45) is 1.33. The van der Waals surface area contributed by atoms with Gasteiger partial charge in [0.15, 0.2) is 29.8 Å². The molecule has 2 rings (SSSR count). The van der Waals surface area contributed by atoms with Crippen molar-refractivity contribution in [2.24, 2.45) is 0 Å². The number of hydrogen-bond acceptors (Lipinski definition) is 3. The Morgan fingerprint density at radius 1 is 1.18 bits per heavy atom. The number of ether oxygens (including phenoxy) is 1. The molecule has 2 aromatic rings. The Hall–Kier alpha value is -2.17. The van der Waals surface area contributed by atoms with Gasteiger partial charge in [-0.3, -0.25) is 4.79 Å². The van der Waals surface area contributed by atoms with Crippen LogP contribution < -0.4 is 4.74 Å². The largest absolute Gasteiger partial charge is 0.479 e. The van der Waals surface area contributed by atoms with Crippen LogP contribution in [-0.4, -0.2) is 12.4 Å². The number of carbonyl (C=O) groups is 1. The molecule has 1 aromatic heterocycles. The van der Waals surface area contributed by atoms with E-state index in [-0.39, 0.29) is 5.76 Å². The van der Waals surface area contributed by atoms with Gasteiger partial charge in [-0.25, -0.2) is 8.78 Å². The van der Waals surface area contributed by atoms with Crippen LogP contribution in [0.5, 0.6) is 5.75 Å². The zero-order valence-corrected chi connectivity index (χ0v) is 8.65. The first-order chi connectivity index (χ1) is 8.18. The summed E-state index contributed by atoms with van der Waals surface area (Å²) < 4.78 is 35.9. The molecule has 0 fully saturated rings. The zero-order valence-electron chi connectivity index (χ0n) is 8.65. The van der Waals surface area contributed by atoms with E-state index in [1.807, 2.05) is 0 Å². The van der Waals surface area contributed by atoms with Gasteiger partial charge in [-0.2, -0.15) is 0 Å². The lowest BCUT2D eigenvalue weighted by molar-refractivity contribution is 0.0888. The van der Waals surface area contributed by atoms with Gasteiger partial charge in [0, 0.05) is 0 Å². The molecule has 1 aromatic carbocycles. The summed E-state index contributed by atoms with van der Waals surface area (Å²) >= 11 is 0. The van der Waals surface area contributed by atoms with Crippen LogP contribution >= 0.6 is 0 Å². The van der Waals surface area contributed by atoms with Gasteiger partial charge in [0.25, 0.3) is 0 Å². The van der Waals surface area contributed by atoms with Crippen LogP contribution in [0.25, 0.3) is 0 Å².